The van der Waals surface area contributed by atoms with Crippen LogP contribution >= 0.6 is 0 Å². The van der Waals surface area contributed by atoms with E-state index in [0.29, 0.717) is 31.1 Å². The number of aromatic nitrogens is 4. The van der Waals surface area contributed by atoms with E-state index in [1.165, 1.54) is 0 Å². The zero-order chi connectivity index (χ0) is 25.6. The molecule has 194 valence electrons. The average molecular weight is 504 g/mol. The number of aliphatic hydroxyl groups excluding tert-OH is 1. The summed E-state index contributed by atoms with van der Waals surface area (Å²) in [5.74, 6) is 0.492. The smallest absolute Gasteiger partial charge is 0.227 e. The molecule has 0 aliphatic carbocycles. The minimum absolute atomic E-state index is 0.126. The number of rotatable bonds is 11. The third kappa shape index (κ3) is 6.08. The van der Waals surface area contributed by atoms with Gasteiger partial charge in [-0.3, -0.25) is 19.6 Å². The minimum atomic E-state index is 0.126. The van der Waals surface area contributed by atoms with Crippen molar-refractivity contribution in [3.63, 3.8) is 0 Å². The lowest BCUT2D eigenvalue weighted by Gasteiger charge is -2.38. The normalized spacial score (nSPS) is 20.4. The fourth-order valence-corrected chi connectivity index (χ4v) is 4.61. The Balaban J connectivity index is 1.25. The predicted octanol–water partition coefficient (Wildman–Crippen LogP) is 2.06. The maximum absolute atomic E-state index is 9.06. The Morgan fingerprint density at radius 1 is 1.30 bits per heavy atom. The van der Waals surface area contributed by atoms with Gasteiger partial charge >= 0.3 is 0 Å². The minimum Gasteiger partial charge on any atom is -0.395 e. The van der Waals surface area contributed by atoms with Crippen LogP contribution in [0.25, 0.3) is 11.3 Å². The maximum Gasteiger partial charge on any atom is 0.227 e. The zero-order valence-electron chi connectivity index (χ0n) is 21.0. The summed E-state index contributed by atoms with van der Waals surface area (Å²) in [5, 5.41) is 20.0. The first-order valence-corrected chi connectivity index (χ1v) is 12.5. The van der Waals surface area contributed by atoms with Crippen LogP contribution in [0.15, 0.2) is 52.8 Å². The largest absolute Gasteiger partial charge is 0.395 e. The van der Waals surface area contributed by atoms with Crippen molar-refractivity contribution in [1.29, 1.82) is 0 Å². The van der Waals surface area contributed by atoms with Crippen molar-refractivity contribution in [2.75, 3.05) is 51.8 Å². The highest BCUT2D eigenvalue weighted by atomic mass is 16.5. The Morgan fingerprint density at radius 3 is 2.97 bits per heavy atom. The van der Waals surface area contributed by atoms with E-state index in [2.05, 4.69) is 42.3 Å². The number of nitrogens with zero attached hydrogens (tertiary/aromatic N) is 7. The van der Waals surface area contributed by atoms with Gasteiger partial charge in [-0.25, -0.2) is 9.97 Å². The molecule has 2 atom stereocenters. The van der Waals surface area contributed by atoms with E-state index < -0.39 is 0 Å². The molecule has 0 amide bonds. The molecule has 2 aromatic heterocycles. The van der Waals surface area contributed by atoms with E-state index in [0.717, 1.165) is 54.3 Å². The number of hydrogen-bond acceptors (Lipinski definition) is 10. The van der Waals surface area contributed by atoms with E-state index >= 15 is 0 Å². The van der Waals surface area contributed by atoms with E-state index in [4.69, 9.17) is 14.8 Å². The first-order chi connectivity index (χ1) is 18.1. The van der Waals surface area contributed by atoms with Crippen LogP contribution in [0, 0.1) is 0 Å². The number of anilines is 2. The highest BCUT2D eigenvalue weighted by Gasteiger charge is 2.28. The first-order valence-electron chi connectivity index (χ1n) is 12.5. The van der Waals surface area contributed by atoms with Gasteiger partial charge in [-0.1, -0.05) is 6.07 Å². The molecule has 5 rings (SSSR count). The van der Waals surface area contributed by atoms with Crippen molar-refractivity contribution in [3.8, 4) is 11.3 Å². The second-order valence-corrected chi connectivity index (χ2v) is 9.34. The van der Waals surface area contributed by atoms with Gasteiger partial charge in [0, 0.05) is 55.4 Å². The van der Waals surface area contributed by atoms with Crippen molar-refractivity contribution in [3.05, 3.63) is 48.4 Å². The van der Waals surface area contributed by atoms with Crippen LogP contribution in [-0.4, -0.2) is 101 Å². The summed E-state index contributed by atoms with van der Waals surface area (Å²) < 4.78 is 7.74. The van der Waals surface area contributed by atoms with Gasteiger partial charge in [-0.2, -0.15) is 5.10 Å². The molecule has 37 heavy (non-hydrogen) atoms. The summed E-state index contributed by atoms with van der Waals surface area (Å²) in [5.41, 5.74) is 4.18. The van der Waals surface area contributed by atoms with Gasteiger partial charge < -0.3 is 20.5 Å². The monoisotopic (exact) mass is 503 g/mol. The van der Waals surface area contributed by atoms with Crippen LogP contribution in [0.5, 0.6) is 0 Å². The highest BCUT2D eigenvalue weighted by Crippen LogP contribution is 2.26. The Labute approximate surface area is 216 Å². The molecule has 0 bridgehead atoms. The molecule has 1 aromatic carbocycles. The molecular formula is C26H33N9O2. The molecule has 4 heterocycles. The summed E-state index contributed by atoms with van der Waals surface area (Å²) >= 11 is 0. The van der Waals surface area contributed by atoms with Crippen molar-refractivity contribution in [1.82, 2.24) is 30.0 Å². The topological polar surface area (TPSA) is 125 Å². The van der Waals surface area contributed by atoms with Crippen molar-refractivity contribution >= 4 is 30.3 Å². The summed E-state index contributed by atoms with van der Waals surface area (Å²) in [4.78, 5) is 20.0. The summed E-state index contributed by atoms with van der Waals surface area (Å²) in [6.07, 6.45) is 8.39. The van der Waals surface area contributed by atoms with Gasteiger partial charge in [0.25, 0.3) is 0 Å². The van der Waals surface area contributed by atoms with Crippen LogP contribution in [0.4, 0.5) is 17.3 Å². The van der Waals surface area contributed by atoms with Crippen LogP contribution in [0.2, 0.25) is 0 Å². The third-order valence-electron chi connectivity index (χ3n) is 6.76. The molecule has 2 saturated heterocycles. The molecule has 2 unspecified atom stereocenters. The standard InChI is InChI=1S/C26H33N9O2/c1-27-20-10-23(37-17-20)13-29-11-19-9-18(3-4-24(19)28-2)25-5-6-30-26(33-25)32-21-12-31-35(14-21)22-15-34(16-22)7-8-36/h3-6,9,11-12,14,20,22-23,27,36H,2,7-8,10,13,15-17H2,1H3,(H,30,32,33). The number of aliphatic hydroxyl groups is 1. The Bertz CT molecular complexity index is 1240. The number of likely N-dealkylation sites (tertiary alicyclic amines) is 1. The molecule has 3 aromatic rings. The lowest BCUT2D eigenvalue weighted by atomic mass is 10.1. The van der Waals surface area contributed by atoms with Crippen LogP contribution < -0.4 is 10.6 Å². The number of nitrogens with one attached hydrogen (secondary N) is 2. The van der Waals surface area contributed by atoms with E-state index in [1.807, 2.05) is 48.4 Å². The maximum atomic E-state index is 9.06. The fraction of sp³-hybridized carbons (Fsp3) is 0.423. The molecular weight excluding hydrogens is 470 g/mol. The molecule has 2 fully saturated rings. The molecule has 11 heteroatoms. The number of likely N-dealkylation sites (N-methyl/N-ethyl adjacent to an activating group) is 1. The zero-order valence-corrected chi connectivity index (χ0v) is 21.0. The highest BCUT2D eigenvalue weighted by molar-refractivity contribution is 5.89. The van der Waals surface area contributed by atoms with Crippen LogP contribution in [0.1, 0.15) is 18.0 Å². The summed E-state index contributed by atoms with van der Waals surface area (Å²) in [7, 11) is 1.96. The van der Waals surface area contributed by atoms with Crippen LogP contribution in [-0.2, 0) is 4.74 Å². The molecule has 0 saturated carbocycles. The number of β-amino-alcohol motifs (C(OH)–C–C–N with tert-alkyl or cyclic N) is 1. The summed E-state index contributed by atoms with van der Waals surface area (Å²) in [6.45, 7) is 7.68. The van der Waals surface area contributed by atoms with Crippen molar-refractivity contribution in [2.24, 2.45) is 9.98 Å². The van der Waals surface area contributed by atoms with Crippen LogP contribution in [0.3, 0.4) is 0 Å². The predicted molar refractivity (Wildman–Crippen MR) is 144 cm³/mol. The van der Waals surface area contributed by atoms with Gasteiger partial charge in [-0.05, 0) is 38.4 Å². The number of aliphatic imine (C=N–C) groups is 2. The van der Waals surface area contributed by atoms with E-state index in [-0.39, 0.29) is 12.7 Å². The SMILES string of the molecule is C=Nc1ccc(-c2ccnc(Nc3cnn(C4CN(CCO)C4)c3)n2)cc1C=NCC1CC(NC)CO1. The Kier molecular flexibility index (Phi) is 7.95. The van der Waals surface area contributed by atoms with Gasteiger partial charge in [-0.15, -0.1) is 0 Å². The third-order valence-corrected chi connectivity index (χ3v) is 6.76. The summed E-state index contributed by atoms with van der Waals surface area (Å²) in [6, 6.07) is 8.49. The molecule has 2 aliphatic rings. The molecule has 11 nitrogen and oxygen atoms in total. The second kappa shape index (κ2) is 11.7. The van der Waals surface area contributed by atoms with Gasteiger partial charge in [0.05, 0.1) is 55.2 Å². The quantitative estimate of drug-likeness (QED) is 0.340. The lowest BCUT2D eigenvalue weighted by molar-refractivity contribution is 0.0774. The van der Waals surface area contributed by atoms with E-state index in [1.54, 1.807) is 12.4 Å². The van der Waals surface area contributed by atoms with Crippen molar-refractivity contribution in [2.45, 2.75) is 24.6 Å². The molecule has 3 N–H and O–H groups in total. The number of benzene rings is 1. The van der Waals surface area contributed by atoms with Crippen molar-refractivity contribution < 1.29 is 9.84 Å². The number of ether oxygens (including phenoxy) is 1. The first kappa shape index (κ1) is 25.2. The Morgan fingerprint density at radius 2 is 2.19 bits per heavy atom. The van der Waals surface area contributed by atoms with Gasteiger partial charge in [0.15, 0.2) is 0 Å². The lowest BCUT2D eigenvalue weighted by Crippen LogP contribution is -2.48. The molecule has 0 radical (unpaired) electrons. The number of hydrogen-bond donors (Lipinski definition) is 3. The van der Waals surface area contributed by atoms with Gasteiger partial charge in [0.1, 0.15) is 0 Å². The Hall–Kier alpha value is -3.51. The molecule has 2 aliphatic heterocycles. The fourth-order valence-electron chi connectivity index (χ4n) is 4.61. The molecule has 0 spiro atoms. The average Bonchev–Trinajstić information content (AvgIpc) is 3.55. The second-order valence-electron chi connectivity index (χ2n) is 9.34. The van der Waals surface area contributed by atoms with Gasteiger partial charge in [0.2, 0.25) is 5.95 Å². The van der Waals surface area contributed by atoms with E-state index in [9.17, 15) is 0 Å².